The monoisotopic (exact) mass is 127 g/mol. The Morgan fingerprint density at radius 2 is 2.33 bits per heavy atom. The maximum Gasteiger partial charge on any atom is 0.247 e. The highest BCUT2D eigenvalue weighted by molar-refractivity contribution is 6.03. The van der Waals surface area contributed by atoms with Gasteiger partial charge in [0.2, 0.25) is 5.91 Å². The molecule has 0 spiro atoms. The van der Waals surface area contributed by atoms with Crippen molar-refractivity contribution in [3.05, 3.63) is 0 Å². The van der Waals surface area contributed by atoms with Crippen molar-refractivity contribution in [2.24, 2.45) is 5.10 Å². The number of rotatable bonds is 0. The second-order valence-corrected chi connectivity index (χ2v) is 2.13. The first kappa shape index (κ1) is 6.07. The number of hydrogen-bond donors (Lipinski definition) is 1. The zero-order valence-corrected chi connectivity index (χ0v) is 5.51. The fourth-order valence-corrected chi connectivity index (χ4v) is 0.608. The molecule has 1 rings (SSSR count). The molecule has 0 radical (unpaired) electrons. The first-order chi connectivity index (χ1) is 4.20. The number of amides is 1. The fourth-order valence-electron chi connectivity index (χ4n) is 0.608. The molecule has 0 atom stereocenters. The number of carbonyl (C=O) groups is 1. The molecule has 1 aliphatic rings. The minimum Gasteiger partial charge on any atom is -0.364 e. The normalized spacial score (nSPS) is 17.1. The van der Waals surface area contributed by atoms with Crippen molar-refractivity contribution in [3.8, 4) is 0 Å². The van der Waals surface area contributed by atoms with E-state index in [2.05, 4.69) is 10.5 Å². The summed E-state index contributed by atoms with van der Waals surface area (Å²) < 4.78 is 0. The third kappa shape index (κ3) is 1.19. The van der Waals surface area contributed by atoms with Crippen molar-refractivity contribution in [3.63, 3.8) is 0 Å². The van der Waals surface area contributed by atoms with E-state index in [0.29, 0.717) is 6.42 Å². The van der Waals surface area contributed by atoms with Crippen LogP contribution in [-0.4, -0.2) is 30.7 Å². The first-order valence-electron chi connectivity index (χ1n) is 2.73. The van der Waals surface area contributed by atoms with Crippen LogP contribution in [0.15, 0.2) is 5.10 Å². The van der Waals surface area contributed by atoms with Gasteiger partial charge in [-0.05, 0) is 0 Å². The van der Waals surface area contributed by atoms with Crippen LogP contribution in [0.1, 0.15) is 6.42 Å². The average Bonchev–Trinajstić information content (AvgIpc) is 2.14. The number of amidine groups is 1. The summed E-state index contributed by atoms with van der Waals surface area (Å²) in [4.78, 5) is 12.3. The first-order valence-corrected chi connectivity index (χ1v) is 2.73. The summed E-state index contributed by atoms with van der Waals surface area (Å²) in [7, 11) is 3.72. The zero-order chi connectivity index (χ0) is 6.85. The SMILES string of the molecule is CN(C)C1=NNC(=O)C1. The highest BCUT2D eigenvalue weighted by Gasteiger charge is 2.14. The molecule has 0 aromatic heterocycles. The number of hydrogen-bond acceptors (Lipinski definition) is 3. The summed E-state index contributed by atoms with van der Waals surface area (Å²) in [5.74, 6) is 0.763. The van der Waals surface area contributed by atoms with Crippen LogP contribution in [-0.2, 0) is 4.79 Å². The summed E-state index contributed by atoms with van der Waals surface area (Å²) in [6.45, 7) is 0. The lowest BCUT2D eigenvalue weighted by atomic mass is 10.4. The molecule has 4 heteroatoms. The van der Waals surface area contributed by atoms with Gasteiger partial charge in [0.05, 0.1) is 6.42 Å². The molecule has 9 heavy (non-hydrogen) atoms. The molecule has 0 saturated heterocycles. The van der Waals surface area contributed by atoms with Crippen LogP contribution < -0.4 is 5.43 Å². The van der Waals surface area contributed by atoms with Gasteiger partial charge in [0.15, 0.2) is 0 Å². The Balaban J connectivity index is 2.55. The Morgan fingerprint density at radius 3 is 2.56 bits per heavy atom. The summed E-state index contributed by atoms with van der Waals surface area (Å²) in [5.41, 5.74) is 2.36. The molecule has 0 aromatic rings. The van der Waals surface area contributed by atoms with Gasteiger partial charge in [0.25, 0.3) is 0 Å². The van der Waals surface area contributed by atoms with E-state index < -0.39 is 0 Å². The van der Waals surface area contributed by atoms with E-state index in [-0.39, 0.29) is 5.91 Å². The second-order valence-electron chi connectivity index (χ2n) is 2.13. The van der Waals surface area contributed by atoms with Gasteiger partial charge in [-0.25, -0.2) is 5.43 Å². The van der Waals surface area contributed by atoms with Gasteiger partial charge in [0, 0.05) is 14.1 Å². The van der Waals surface area contributed by atoms with Gasteiger partial charge in [0.1, 0.15) is 5.84 Å². The van der Waals surface area contributed by atoms with Crippen LogP contribution in [0.3, 0.4) is 0 Å². The molecule has 1 aliphatic heterocycles. The maximum atomic E-state index is 10.5. The van der Waals surface area contributed by atoms with Gasteiger partial charge in [-0.2, -0.15) is 5.10 Å². The Bertz CT molecular complexity index is 162. The van der Waals surface area contributed by atoms with Crippen LogP contribution in [0, 0.1) is 0 Å². The standard InChI is InChI=1S/C5H9N3O/c1-8(2)4-3-5(9)7-6-4/h3H2,1-2H3,(H,7,9). The van der Waals surface area contributed by atoms with Gasteiger partial charge in [-0.1, -0.05) is 0 Å². The van der Waals surface area contributed by atoms with Crippen LogP contribution >= 0.6 is 0 Å². The van der Waals surface area contributed by atoms with Crippen molar-refractivity contribution in [2.45, 2.75) is 6.42 Å². The van der Waals surface area contributed by atoms with Gasteiger partial charge in [-0.3, -0.25) is 4.79 Å². The molecule has 50 valence electrons. The molecule has 0 aliphatic carbocycles. The van der Waals surface area contributed by atoms with Crippen LogP contribution in [0.5, 0.6) is 0 Å². The number of nitrogens with one attached hydrogen (secondary N) is 1. The van der Waals surface area contributed by atoms with Crippen LogP contribution in [0.4, 0.5) is 0 Å². The second kappa shape index (κ2) is 2.05. The number of hydrazone groups is 1. The fraction of sp³-hybridized carbons (Fsp3) is 0.600. The minimum absolute atomic E-state index is 0.0290. The van der Waals surface area contributed by atoms with Crippen LogP contribution in [0.2, 0.25) is 0 Å². The van der Waals surface area contributed by atoms with E-state index in [9.17, 15) is 4.79 Å². The Morgan fingerprint density at radius 1 is 1.67 bits per heavy atom. The highest BCUT2D eigenvalue weighted by Crippen LogP contribution is 1.96. The molecule has 0 bridgehead atoms. The summed E-state index contributed by atoms with van der Waals surface area (Å²) in [6.07, 6.45) is 0.410. The van der Waals surface area contributed by atoms with E-state index in [0.717, 1.165) is 5.84 Å². The molecule has 1 heterocycles. The quantitative estimate of drug-likeness (QED) is 0.471. The lowest BCUT2D eigenvalue weighted by Crippen LogP contribution is -2.20. The summed E-state index contributed by atoms with van der Waals surface area (Å²) >= 11 is 0. The minimum atomic E-state index is -0.0290. The smallest absolute Gasteiger partial charge is 0.247 e. The lowest BCUT2D eigenvalue weighted by molar-refractivity contribution is -0.119. The van der Waals surface area contributed by atoms with Gasteiger partial charge < -0.3 is 4.90 Å². The van der Waals surface area contributed by atoms with E-state index >= 15 is 0 Å². The van der Waals surface area contributed by atoms with Crippen molar-refractivity contribution in [1.29, 1.82) is 0 Å². The average molecular weight is 127 g/mol. The molecular weight excluding hydrogens is 118 g/mol. The van der Waals surface area contributed by atoms with Crippen molar-refractivity contribution in [1.82, 2.24) is 10.3 Å². The number of nitrogens with zero attached hydrogens (tertiary/aromatic N) is 2. The Labute approximate surface area is 53.5 Å². The Kier molecular flexibility index (Phi) is 1.38. The van der Waals surface area contributed by atoms with Gasteiger partial charge in [-0.15, -0.1) is 0 Å². The van der Waals surface area contributed by atoms with E-state index in [4.69, 9.17) is 0 Å². The molecule has 0 unspecified atom stereocenters. The predicted octanol–water partition coefficient (Wildman–Crippen LogP) is -0.619. The molecule has 1 amide bonds. The van der Waals surface area contributed by atoms with E-state index in [1.54, 1.807) is 0 Å². The van der Waals surface area contributed by atoms with Gasteiger partial charge >= 0.3 is 0 Å². The van der Waals surface area contributed by atoms with E-state index in [1.165, 1.54) is 0 Å². The largest absolute Gasteiger partial charge is 0.364 e. The molecule has 1 N–H and O–H groups in total. The van der Waals surface area contributed by atoms with Crippen molar-refractivity contribution >= 4 is 11.7 Å². The molecule has 0 fully saturated rings. The summed E-state index contributed by atoms with van der Waals surface area (Å²) in [6, 6.07) is 0. The third-order valence-corrected chi connectivity index (χ3v) is 1.14. The lowest BCUT2D eigenvalue weighted by Gasteiger charge is -2.07. The highest BCUT2D eigenvalue weighted by atomic mass is 16.2. The zero-order valence-electron chi connectivity index (χ0n) is 5.51. The van der Waals surface area contributed by atoms with Crippen LogP contribution in [0.25, 0.3) is 0 Å². The topological polar surface area (TPSA) is 44.7 Å². The molecular formula is C5H9N3O. The number of carbonyl (C=O) groups excluding carboxylic acids is 1. The van der Waals surface area contributed by atoms with E-state index in [1.807, 2.05) is 19.0 Å². The predicted molar refractivity (Wildman–Crippen MR) is 33.9 cm³/mol. The van der Waals surface area contributed by atoms with Crippen molar-refractivity contribution < 1.29 is 4.79 Å². The Hall–Kier alpha value is -1.06. The molecule has 0 aromatic carbocycles. The molecule has 0 saturated carbocycles. The molecule has 4 nitrogen and oxygen atoms in total. The maximum absolute atomic E-state index is 10.5. The summed E-state index contributed by atoms with van der Waals surface area (Å²) in [5, 5.41) is 3.76. The van der Waals surface area contributed by atoms with Crippen molar-refractivity contribution in [2.75, 3.05) is 14.1 Å². The third-order valence-electron chi connectivity index (χ3n) is 1.14.